The maximum absolute atomic E-state index is 11.3. The smallest absolute Gasteiger partial charge is 0.354 e. The van der Waals surface area contributed by atoms with Gasteiger partial charge in [0.15, 0.2) is 15.5 Å². The van der Waals surface area contributed by atoms with Crippen molar-refractivity contribution < 1.29 is 18.3 Å². The van der Waals surface area contributed by atoms with Crippen LogP contribution in [0.4, 0.5) is 5.82 Å². The molecular weight excluding hydrogens is 244 g/mol. The van der Waals surface area contributed by atoms with Gasteiger partial charge in [-0.05, 0) is 18.6 Å². The van der Waals surface area contributed by atoms with Crippen LogP contribution in [0.25, 0.3) is 0 Å². The van der Waals surface area contributed by atoms with Crippen LogP contribution >= 0.6 is 0 Å². The van der Waals surface area contributed by atoms with Crippen molar-refractivity contribution in [1.82, 2.24) is 4.98 Å². The molecular formula is C10H12N2O4S. The van der Waals surface area contributed by atoms with E-state index in [9.17, 15) is 13.2 Å². The van der Waals surface area contributed by atoms with Crippen molar-refractivity contribution in [2.45, 2.75) is 12.5 Å². The normalized spacial score (nSPS) is 22.2. The van der Waals surface area contributed by atoms with E-state index in [1.807, 2.05) is 0 Å². The van der Waals surface area contributed by atoms with E-state index in [1.54, 1.807) is 12.1 Å². The molecule has 0 saturated carbocycles. The molecule has 0 spiro atoms. The number of aromatic nitrogens is 1. The highest BCUT2D eigenvalue weighted by molar-refractivity contribution is 7.91. The summed E-state index contributed by atoms with van der Waals surface area (Å²) < 4.78 is 22.5. The topological polar surface area (TPSA) is 96.4 Å². The van der Waals surface area contributed by atoms with Crippen molar-refractivity contribution in [3.63, 3.8) is 0 Å². The summed E-state index contributed by atoms with van der Waals surface area (Å²) in [5.74, 6) is -0.463. The highest BCUT2D eigenvalue weighted by Crippen LogP contribution is 2.16. The van der Waals surface area contributed by atoms with Gasteiger partial charge in [-0.15, -0.1) is 0 Å². The van der Waals surface area contributed by atoms with Crippen LogP contribution in [0.3, 0.4) is 0 Å². The predicted octanol–water partition coefficient (Wildman–Crippen LogP) is 0.379. The quantitative estimate of drug-likeness (QED) is 0.811. The molecule has 2 rings (SSSR count). The maximum atomic E-state index is 11.3. The highest BCUT2D eigenvalue weighted by Gasteiger charge is 2.27. The summed E-state index contributed by atoms with van der Waals surface area (Å²) in [6.07, 6.45) is 0.529. The van der Waals surface area contributed by atoms with Crippen molar-refractivity contribution in [1.29, 1.82) is 0 Å². The molecule has 0 aliphatic carbocycles. The number of hydrogen-bond donors (Lipinski definition) is 2. The Labute approximate surface area is 98.6 Å². The number of sulfone groups is 1. The van der Waals surface area contributed by atoms with Gasteiger partial charge in [0.2, 0.25) is 0 Å². The third-order valence-corrected chi connectivity index (χ3v) is 4.32. The van der Waals surface area contributed by atoms with Gasteiger partial charge in [-0.25, -0.2) is 18.2 Å². The van der Waals surface area contributed by atoms with Crippen LogP contribution < -0.4 is 5.32 Å². The Balaban J connectivity index is 2.09. The van der Waals surface area contributed by atoms with Crippen molar-refractivity contribution in [3.8, 4) is 0 Å². The van der Waals surface area contributed by atoms with Gasteiger partial charge in [0, 0.05) is 6.04 Å². The van der Waals surface area contributed by atoms with Gasteiger partial charge in [-0.3, -0.25) is 0 Å². The Morgan fingerprint density at radius 3 is 2.82 bits per heavy atom. The number of anilines is 1. The van der Waals surface area contributed by atoms with Crippen molar-refractivity contribution >= 4 is 21.6 Å². The standard InChI is InChI=1S/C10H12N2O4S/c13-10(14)8-2-1-3-9(12-8)11-7-4-5-17(15,16)6-7/h1-3,7H,4-6H2,(H,11,12)(H,13,14). The molecule has 0 bridgehead atoms. The molecule has 1 fully saturated rings. The number of nitrogens with zero attached hydrogens (tertiary/aromatic N) is 1. The average Bonchev–Trinajstić information content (AvgIpc) is 2.58. The van der Waals surface area contributed by atoms with Gasteiger partial charge in [0.1, 0.15) is 5.82 Å². The van der Waals surface area contributed by atoms with Crippen LogP contribution in [0.5, 0.6) is 0 Å². The van der Waals surface area contributed by atoms with E-state index in [4.69, 9.17) is 5.11 Å². The summed E-state index contributed by atoms with van der Waals surface area (Å²) in [6.45, 7) is 0. The zero-order valence-corrected chi connectivity index (χ0v) is 9.77. The lowest BCUT2D eigenvalue weighted by Gasteiger charge is -2.11. The highest BCUT2D eigenvalue weighted by atomic mass is 32.2. The van der Waals surface area contributed by atoms with Gasteiger partial charge >= 0.3 is 5.97 Å². The van der Waals surface area contributed by atoms with Gasteiger partial charge in [0.25, 0.3) is 0 Å². The van der Waals surface area contributed by atoms with Crippen LogP contribution in [0.15, 0.2) is 18.2 Å². The molecule has 2 N–H and O–H groups in total. The molecule has 1 aliphatic rings. The first-order valence-corrected chi connectivity index (χ1v) is 6.96. The number of rotatable bonds is 3. The number of pyridine rings is 1. The number of carboxylic acid groups (broad SMARTS) is 1. The number of carbonyl (C=O) groups is 1. The minimum atomic E-state index is -2.95. The molecule has 1 saturated heterocycles. The Morgan fingerprint density at radius 1 is 1.47 bits per heavy atom. The Bertz CT molecular complexity index is 541. The summed E-state index contributed by atoms with van der Waals surface area (Å²) in [7, 11) is -2.95. The Hall–Kier alpha value is -1.63. The van der Waals surface area contributed by atoms with Crippen LogP contribution in [0.2, 0.25) is 0 Å². The number of carboxylic acids is 1. The second-order valence-corrected chi connectivity index (χ2v) is 6.19. The molecule has 17 heavy (non-hydrogen) atoms. The minimum absolute atomic E-state index is 0.0594. The molecule has 2 heterocycles. The molecule has 1 atom stereocenters. The summed E-state index contributed by atoms with van der Waals surface area (Å²) in [6, 6.07) is 4.40. The Kier molecular flexibility index (Phi) is 3.01. The van der Waals surface area contributed by atoms with E-state index in [0.717, 1.165) is 0 Å². The first-order chi connectivity index (χ1) is 7.96. The lowest BCUT2D eigenvalue weighted by Crippen LogP contribution is -2.21. The van der Waals surface area contributed by atoms with Crippen LogP contribution in [-0.2, 0) is 9.84 Å². The van der Waals surface area contributed by atoms with Gasteiger partial charge < -0.3 is 10.4 Å². The zero-order valence-electron chi connectivity index (χ0n) is 8.96. The number of nitrogens with one attached hydrogen (secondary N) is 1. The first kappa shape index (κ1) is 11.8. The molecule has 1 aromatic rings. The summed E-state index contributed by atoms with van der Waals surface area (Å²) in [5, 5.41) is 11.7. The third-order valence-electron chi connectivity index (χ3n) is 2.55. The predicted molar refractivity (Wildman–Crippen MR) is 61.9 cm³/mol. The third kappa shape index (κ3) is 2.94. The molecule has 1 aromatic heterocycles. The Morgan fingerprint density at radius 2 is 2.24 bits per heavy atom. The lowest BCUT2D eigenvalue weighted by atomic mass is 10.2. The zero-order chi connectivity index (χ0) is 12.5. The fourth-order valence-corrected chi connectivity index (χ4v) is 3.43. The maximum Gasteiger partial charge on any atom is 0.354 e. The van der Waals surface area contributed by atoms with E-state index >= 15 is 0 Å². The van der Waals surface area contributed by atoms with Crippen LogP contribution in [0.1, 0.15) is 16.9 Å². The van der Waals surface area contributed by atoms with Crippen LogP contribution in [0, 0.1) is 0 Å². The molecule has 6 nitrogen and oxygen atoms in total. The monoisotopic (exact) mass is 256 g/mol. The van der Waals surface area contributed by atoms with E-state index in [-0.39, 0.29) is 23.2 Å². The molecule has 0 radical (unpaired) electrons. The molecule has 1 unspecified atom stereocenters. The summed E-state index contributed by atoms with van der Waals surface area (Å²) in [4.78, 5) is 14.6. The van der Waals surface area contributed by atoms with Gasteiger partial charge in [0.05, 0.1) is 11.5 Å². The second kappa shape index (κ2) is 4.33. The average molecular weight is 256 g/mol. The molecule has 0 aromatic carbocycles. The molecule has 7 heteroatoms. The van der Waals surface area contributed by atoms with Crippen molar-refractivity contribution in [2.24, 2.45) is 0 Å². The fourth-order valence-electron chi connectivity index (χ4n) is 1.75. The second-order valence-electron chi connectivity index (χ2n) is 3.96. The largest absolute Gasteiger partial charge is 0.477 e. The van der Waals surface area contributed by atoms with Gasteiger partial charge in [-0.1, -0.05) is 6.07 Å². The number of hydrogen-bond acceptors (Lipinski definition) is 5. The minimum Gasteiger partial charge on any atom is -0.477 e. The van der Waals surface area contributed by atoms with E-state index in [0.29, 0.717) is 12.2 Å². The van der Waals surface area contributed by atoms with E-state index in [1.165, 1.54) is 6.07 Å². The first-order valence-electron chi connectivity index (χ1n) is 5.13. The lowest BCUT2D eigenvalue weighted by molar-refractivity contribution is 0.0690. The SMILES string of the molecule is O=C(O)c1cccc(NC2CCS(=O)(=O)C2)n1. The van der Waals surface area contributed by atoms with E-state index < -0.39 is 15.8 Å². The molecule has 92 valence electrons. The van der Waals surface area contributed by atoms with E-state index in [2.05, 4.69) is 10.3 Å². The summed E-state index contributed by atoms with van der Waals surface area (Å²) in [5.41, 5.74) is -0.0594. The summed E-state index contributed by atoms with van der Waals surface area (Å²) >= 11 is 0. The molecule has 1 aliphatic heterocycles. The van der Waals surface area contributed by atoms with Crippen molar-refractivity contribution in [3.05, 3.63) is 23.9 Å². The fraction of sp³-hybridized carbons (Fsp3) is 0.400. The van der Waals surface area contributed by atoms with Crippen molar-refractivity contribution in [2.75, 3.05) is 16.8 Å². The molecule has 0 amide bonds. The number of aromatic carboxylic acids is 1. The van der Waals surface area contributed by atoms with Crippen LogP contribution in [-0.4, -0.2) is 42.0 Å². The van der Waals surface area contributed by atoms with Gasteiger partial charge in [-0.2, -0.15) is 0 Å².